The molecule has 1 aromatic heterocycles. The molecule has 0 bridgehead atoms. The van der Waals surface area contributed by atoms with E-state index in [4.69, 9.17) is 17.3 Å². The summed E-state index contributed by atoms with van der Waals surface area (Å²) in [5.74, 6) is 0. The van der Waals surface area contributed by atoms with Crippen molar-refractivity contribution in [2.45, 2.75) is 0 Å². The zero-order chi connectivity index (χ0) is 5.98. The molecule has 0 aliphatic heterocycles. The lowest BCUT2D eigenvalue weighted by molar-refractivity contribution is 1.29. The molecule has 0 saturated carbocycles. The molecule has 1 N–H and O–H groups in total. The summed E-state index contributed by atoms with van der Waals surface area (Å²) in [4.78, 5) is 3.66. The Balaban J connectivity index is 3.13. The Bertz CT molecular complexity index is 167. The lowest BCUT2D eigenvalue weighted by atomic mass is 10.4. The fraction of sp³-hybridized carbons (Fsp3) is 0. The van der Waals surface area contributed by atoms with Crippen LogP contribution in [0.1, 0.15) is 0 Å². The van der Waals surface area contributed by atoms with Crippen molar-refractivity contribution >= 4 is 17.3 Å². The second-order valence-electron chi connectivity index (χ2n) is 1.34. The van der Waals surface area contributed by atoms with Gasteiger partial charge in [-0.25, -0.2) is 4.98 Å². The van der Waals surface area contributed by atoms with Gasteiger partial charge < -0.3 is 0 Å². The molecule has 1 aromatic rings. The van der Waals surface area contributed by atoms with Gasteiger partial charge in [0.2, 0.25) is 0 Å². The Morgan fingerprint density at radius 2 is 2.38 bits per heavy atom. The fourth-order valence-electron chi connectivity index (χ4n) is 0.386. The van der Waals surface area contributed by atoms with Gasteiger partial charge in [-0.05, 0) is 12.1 Å². The van der Waals surface area contributed by atoms with E-state index in [1.54, 1.807) is 18.3 Å². The minimum atomic E-state index is 0.257. The van der Waals surface area contributed by atoms with E-state index in [0.717, 1.165) is 0 Å². The lowest BCUT2D eigenvalue weighted by Gasteiger charge is -1.88. The predicted molar refractivity (Wildman–Crippen MR) is 32.0 cm³/mol. The lowest BCUT2D eigenvalue weighted by Crippen LogP contribution is -1.74. The first-order valence-corrected chi connectivity index (χ1v) is 2.50. The van der Waals surface area contributed by atoms with Gasteiger partial charge in [0.25, 0.3) is 0 Å². The molecule has 0 aromatic carbocycles. The Hall–Kier alpha value is -0.760. The molecule has 1 rings (SSSR count). The zero-order valence-electron chi connectivity index (χ0n) is 4.06. The van der Waals surface area contributed by atoms with Gasteiger partial charge in [0.1, 0.15) is 0 Å². The summed E-state index contributed by atoms with van der Waals surface area (Å²) in [6.07, 6.45) is 1.56. The minimum Gasteiger partial charge on any atom is -0.298 e. The molecular formula is C5H4ClN2. The van der Waals surface area contributed by atoms with Crippen LogP contribution in [0.3, 0.4) is 0 Å². The average molecular weight is 128 g/mol. The third kappa shape index (κ3) is 0.898. The maximum atomic E-state index is 7.03. The van der Waals surface area contributed by atoms with Crippen molar-refractivity contribution in [2.24, 2.45) is 0 Å². The molecule has 0 amide bonds. The molecule has 0 atom stereocenters. The molecule has 0 spiro atoms. The Kier molecular flexibility index (Phi) is 1.35. The highest BCUT2D eigenvalue weighted by atomic mass is 35.5. The zero-order valence-corrected chi connectivity index (χ0v) is 4.81. The van der Waals surface area contributed by atoms with Gasteiger partial charge in [-0.15, -0.1) is 0 Å². The van der Waals surface area contributed by atoms with E-state index in [-0.39, 0.29) is 10.8 Å². The first-order chi connectivity index (χ1) is 3.80. The van der Waals surface area contributed by atoms with Crippen LogP contribution in [0, 0.1) is 0 Å². The number of pyridine rings is 1. The minimum absolute atomic E-state index is 0.257. The molecule has 3 heteroatoms. The van der Waals surface area contributed by atoms with Crippen LogP contribution in [0.2, 0.25) is 5.15 Å². The van der Waals surface area contributed by atoms with Gasteiger partial charge in [-0.1, -0.05) is 11.6 Å². The standard InChI is InChI=1S/C5H4ClN2/c6-5-4(7)2-1-3-8-5/h1-3,7H. The number of nitrogens with zero attached hydrogens (tertiary/aromatic N) is 1. The first kappa shape index (κ1) is 5.38. The maximum absolute atomic E-state index is 7.03. The van der Waals surface area contributed by atoms with Gasteiger partial charge >= 0.3 is 0 Å². The van der Waals surface area contributed by atoms with Crippen LogP contribution in [-0.2, 0) is 0 Å². The quantitative estimate of drug-likeness (QED) is 0.488. The van der Waals surface area contributed by atoms with Gasteiger partial charge in [-0.2, -0.15) is 0 Å². The molecule has 41 valence electrons. The van der Waals surface area contributed by atoms with Crippen molar-refractivity contribution < 1.29 is 0 Å². The molecule has 2 nitrogen and oxygen atoms in total. The van der Waals surface area contributed by atoms with E-state index >= 15 is 0 Å². The second-order valence-corrected chi connectivity index (χ2v) is 1.70. The SMILES string of the molecule is [NH]c1cccnc1Cl. The molecular weight excluding hydrogens is 124 g/mol. The summed E-state index contributed by atoms with van der Waals surface area (Å²) in [6.45, 7) is 0. The second kappa shape index (κ2) is 2.01. The third-order valence-electron chi connectivity index (χ3n) is 0.759. The fourth-order valence-corrected chi connectivity index (χ4v) is 0.505. The van der Waals surface area contributed by atoms with Crippen molar-refractivity contribution in [1.82, 2.24) is 10.7 Å². The summed E-state index contributed by atoms with van der Waals surface area (Å²) < 4.78 is 0. The van der Waals surface area contributed by atoms with Crippen molar-refractivity contribution in [3.63, 3.8) is 0 Å². The molecule has 0 fully saturated rings. The Morgan fingerprint density at radius 3 is 2.75 bits per heavy atom. The van der Waals surface area contributed by atoms with Crippen LogP contribution in [-0.4, -0.2) is 4.98 Å². The number of nitrogens with one attached hydrogen (secondary N) is 1. The summed E-state index contributed by atoms with van der Waals surface area (Å²) in [5, 5.41) is 0.257. The summed E-state index contributed by atoms with van der Waals surface area (Å²) >= 11 is 5.41. The summed E-state index contributed by atoms with van der Waals surface area (Å²) in [6, 6.07) is 3.27. The first-order valence-electron chi connectivity index (χ1n) is 2.13. The van der Waals surface area contributed by atoms with Gasteiger partial charge in [0, 0.05) is 6.20 Å². The number of aromatic nitrogens is 1. The van der Waals surface area contributed by atoms with Gasteiger partial charge in [0.05, 0.1) is 5.69 Å². The monoisotopic (exact) mass is 127 g/mol. The number of hydrogen-bond acceptors (Lipinski definition) is 1. The molecule has 0 aliphatic rings. The highest BCUT2D eigenvalue weighted by molar-refractivity contribution is 6.31. The van der Waals surface area contributed by atoms with E-state index in [9.17, 15) is 0 Å². The number of rotatable bonds is 0. The molecule has 8 heavy (non-hydrogen) atoms. The Labute approximate surface area is 52.3 Å². The van der Waals surface area contributed by atoms with E-state index in [1.165, 1.54) is 0 Å². The predicted octanol–water partition coefficient (Wildman–Crippen LogP) is 1.65. The maximum Gasteiger partial charge on any atom is 0.153 e. The van der Waals surface area contributed by atoms with Crippen LogP contribution in [0.25, 0.3) is 0 Å². The smallest absolute Gasteiger partial charge is 0.153 e. The van der Waals surface area contributed by atoms with Crippen LogP contribution in [0.5, 0.6) is 0 Å². The van der Waals surface area contributed by atoms with E-state index < -0.39 is 0 Å². The molecule has 0 saturated heterocycles. The molecule has 0 aliphatic carbocycles. The molecule has 1 heterocycles. The number of halogens is 1. The van der Waals surface area contributed by atoms with Crippen LogP contribution < -0.4 is 5.73 Å². The largest absolute Gasteiger partial charge is 0.298 e. The highest BCUT2D eigenvalue weighted by Crippen LogP contribution is 2.13. The molecule has 0 unspecified atom stereocenters. The average Bonchev–Trinajstić information content (AvgIpc) is 1.77. The van der Waals surface area contributed by atoms with E-state index in [2.05, 4.69) is 4.98 Å². The van der Waals surface area contributed by atoms with Crippen molar-refractivity contribution in [2.75, 3.05) is 0 Å². The van der Waals surface area contributed by atoms with Crippen molar-refractivity contribution in [1.29, 1.82) is 0 Å². The van der Waals surface area contributed by atoms with Crippen molar-refractivity contribution in [3.05, 3.63) is 23.5 Å². The molecule has 1 radical (unpaired) electrons. The normalized spacial score (nSPS) is 9.12. The van der Waals surface area contributed by atoms with Gasteiger partial charge in [0.15, 0.2) is 5.15 Å². The van der Waals surface area contributed by atoms with E-state index in [1.807, 2.05) is 0 Å². The summed E-state index contributed by atoms with van der Waals surface area (Å²) in [5.41, 5.74) is 7.30. The van der Waals surface area contributed by atoms with Crippen LogP contribution >= 0.6 is 11.6 Å². The highest BCUT2D eigenvalue weighted by Gasteiger charge is 1.90. The number of hydrogen-bond donors (Lipinski definition) is 0. The Morgan fingerprint density at radius 1 is 1.62 bits per heavy atom. The van der Waals surface area contributed by atoms with E-state index in [0.29, 0.717) is 0 Å². The topological polar surface area (TPSA) is 36.7 Å². The van der Waals surface area contributed by atoms with Crippen molar-refractivity contribution in [3.8, 4) is 0 Å². The summed E-state index contributed by atoms with van der Waals surface area (Å²) in [7, 11) is 0. The van der Waals surface area contributed by atoms with Crippen LogP contribution in [0.15, 0.2) is 18.3 Å². The van der Waals surface area contributed by atoms with Gasteiger partial charge in [-0.3, -0.25) is 5.73 Å². The third-order valence-corrected chi connectivity index (χ3v) is 1.06. The van der Waals surface area contributed by atoms with Crippen LogP contribution in [0.4, 0.5) is 5.69 Å².